The number of nitrogens with one attached hydrogen (secondary N) is 1. The first-order valence-corrected chi connectivity index (χ1v) is 20.7. The van der Waals surface area contributed by atoms with Gasteiger partial charge in [-0.15, -0.1) is 0 Å². The van der Waals surface area contributed by atoms with E-state index in [1.165, 1.54) is 0 Å². The molecular formula is C43H48FN9O5. The molecule has 0 radical (unpaired) electrons. The minimum absolute atomic E-state index is 0.0453. The second-order valence-corrected chi connectivity index (χ2v) is 16.9. The van der Waals surface area contributed by atoms with E-state index < -0.39 is 17.4 Å². The van der Waals surface area contributed by atoms with Crippen molar-refractivity contribution in [3.05, 3.63) is 77.8 Å². The Morgan fingerprint density at radius 3 is 2.48 bits per heavy atom. The lowest BCUT2D eigenvalue weighted by Gasteiger charge is -2.55. The molecule has 1 saturated carbocycles. The molecule has 7 heterocycles. The number of hydrogen-bond donors (Lipinski definition) is 1. The maximum atomic E-state index is 16.4. The van der Waals surface area contributed by atoms with Crippen molar-refractivity contribution in [2.45, 2.75) is 70.0 Å². The number of benzene rings is 2. The molecule has 1 aliphatic carbocycles. The number of anilines is 3. The van der Waals surface area contributed by atoms with E-state index in [4.69, 9.17) is 4.74 Å². The first-order valence-electron chi connectivity index (χ1n) is 20.7. The van der Waals surface area contributed by atoms with E-state index in [0.717, 1.165) is 95.6 Å². The Hall–Kier alpha value is -5.57. The van der Waals surface area contributed by atoms with Crippen LogP contribution in [0.1, 0.15) is 78.9 Å². The molecule has 14 nitrogen and oxygen atoms in total. The zero-order valence-corrected chi connectivity index (χ0v) is 32.7. The van der Waals surface area contributed by atoms with Crippen LogP contribution < -0.4 is 24.8 Å². The lowest BCUT2D eigenvalue weighted by atomic mass is 9.66. The quantitative estimate of drug-likeness (QED) is 0.203. The number of carbonyl (C=O) groups excluding carboxylic acids is 4. The maximum absolute atomic E-state index is 16.4. The van der Waals surface area contributed by atoms with Gasteiger partial charge in [0.05, 0.1) is 30.5 Å². The number of aromatic nitrogens is 3. The zero-order chi connectivity index (χ0) is 39.7. The number of piperazine rings is 1. The summed E-state index contributed by atoms with van der Waals surface area (Å²) in [5.74, 6) is 0.0105. The number of rotatable bonds is 8. The summed E-state index contributed by atoms with van der Waals surface area (Å²) >= 11 is 0. The minimum Gasteiger partial charge on any atom is -0.496 e. The molecule has 4 saturated heterocycles. The SMILES string of the molecule is COc1cc(N2CCC(CN3CCN(c4ccc5c(c4)CN([C@H]4CCC(=O)NC4=O)C5=O)CC3)CC2)c(F)cc1[C@@H]1N(c2cncn3ccnc23)C(=O)C12CCCC2. The van der Waals surface area contributed by atoms with Crippen LogP contribution in [0.4, 0.5) is 21.5 Å². The molecule has 2 atom stereocenters. The second kappa shape index (κ2) is 14.4. The molecular weight excluding hydrogens is 742 g/mol. The fourth-order valence-corrected chi connectivity index (χ4v) is 10.7. The number of methoxy groups -OCH3 is 1. The summed E-state index contributed by atoms with van der Waals surface area (Å²) in [7, 11) is 1.62. The van der Waals surface area contributed by atoms with Crippen molar-refractivity contribution in [2.75, 3.05) is 67.6 Å². The van der Waals surface area contributed by atoms with Crippen molar-refractivity contribution in [1.82, 2.24) is 29.5 Å². The molecule has 1 N–H and O–H groups in total. The molecule has 2 aromatic carbocycles. The van der Waals surface area contributed by atoms with E-state index in [9.17, 15) is 19.2 Å². The number of imide groups is 1. The highest BCUT2D eigenvalue weighted by Crippen LogP contribution is 2.62. The number of ether oxygens (including phenoxy) is 1. The average Bonchev–Trinajstić information content (AvgIpc) is 4.01. The van der Waals surface area contributed by atoms with Crippen molar-refractivity contribution in [3.8, 4) is 5.75 Å². The highest BCUT2D eigenvalue weighted by atomic mass is 19.1. The van der Waals surface area contributed by atoms with Gasteiger partial charge in [0.1, 0.15) is 29.6 Å². The Morgan fingerprint density at radius 1 is 0.931 bits per heavy atom. The molecule has 4 aromatic rings. The summed E-state index contributed by atoms with van der Waals surface area (Å²) in [6.45, 7) is 6.48. The minimum atomic E-state index is -0.618. The summed E-state index contributed by atoms with van der Waals surface area (Å²) in [5, 5.41) is 2.37. The molecule has 4 amide bonds. The zero-order valence-electron chi connectivity index (χ0n) is 32.7. The van der Waals surface area contributed by atoms with Crippen molar-refractivity contribution < 1.29 is 28.3 Å². The predicted molar refractivity (Wildman–Crippen MR) is 213 cm³/mol. The Kier molecular flexibility index (Phi) is 9.10. The summed E-state index contributed by atoms with van der Waals surface area (Å²) in [5.41, 5.74) is 4.53. The number of hydrogen-bond acceptors (Lipinski definition) is 10. The number of imidazole rings is 1. The van der Waals surface area contributed by atoms with Crippen molar-refractivity contribution in [3.63, 3.8) is 0 Å². The number of carbonyl (C=O) groups is 4. The Balaban J connectivity index is 0.769. The van der Waals surface area contributed by atoms with Gasteiger partial charge in [0.2, 0.25) is 17.7 Å². The van der Waals surface area contributed by atoms with Crippen LogP contribution in [0.2, 0.25) is 0 Å². The second-order valence-electron chi connectivity index (χ2n) is 16.9. The largest absolute Gasteiger partial charge is 0.496 e. The molecule has 302 valence electrons. The van der Waals surface area contributed by atoms with Gasteiger partial charge in [0, 0.05) is 94.1 Å². The molecule has 58 heavy (non-hydrogen) atoms. The molecule has 6 aliphatic rings. The highest BCUT2D eigenvalue weighted by molar-refractivity contribution is 6.09. The van der Waals surface area contributed by atoms with Crippen LogP contribution in [0, 0.1) is 17.2 Å². The van der Waals surface area contributed by atoms with E-state index in [1.807, 2.05) is 18.2 Å². The predicted octanol–water partition coefficient (Wildman–Crippen LogP) is 4.32. The van der Waals surface area contributed by atoms with Gasteiger partial charge in [0.15, 0.2) is 5.65 Å². The number of halogens is 1. The normalized spacial score (nSPS) is 23.9. The van der Waals surface area contributed by atoms with Gasteiger partial charge in [-0.05, 0) is 67.9 Å². The van der Waals surface area contributed by atoms with Crippen LogP contribution in [-0.2, 0) is 20.9 Å². The fraction of sp³-hybridized carbons (Fsp3) is 0.488. The number of piperidine rings is 2. The molecule has 1 spiro atoms. The fourth-order valence-electron chi connectivity index (χ4n) is 10.7. The number of amides is 4. The maximum Gasteiger partial charge on any atom is 0.255 e. The topological polar surface area (TPSA) is 136 Å². The summed E-state index contributed by atoms with van der Waals surface area (Å²) in [6.07, 6.45) is 12.8. The van der Waals surface area contributed by atoms with Crippen molar-refractivity contribution in [1.29, 1.82) is 0 Å². The van der Waals surface area contributed by atoms with E-state index in [0.29, 0.717) is 52.8 Å². The van der Waals surface area contributed by atoms with Crippen molar-refractivity contribution >= 4 is 46.3 Å². The van der Waals surface area contributed by atoms with E-state index in [1.54, 1.807) is 52.3 Å². The molecule has 10 rings (SSSR count). The van der Waals surface area contributed by atoms with Crippen LogP contribution in [0.3, 0.4) is 0 Å². The highest BCUT2D eigenvalue weighted by Gasteiger charge is 2.63. The van der Waals surface area contributed by atoms with E-state index in [2.05, 4.69) is 36.1 Å². The number of nitrogens with zero attached hydrogens (tertiary/aromatic N) is 8. The lowest BCUT2D eigenvalue weighted by Crippen LogP contribution is -2.63. The molecule has 15 heteroatoms. The van der Waals surface area contributed by atoms with Crippen LogP contribution in [0.5, 0.6) is 5.75 Å². The Bertz CT molecular complexity index is 2310. The summed E-state index contributed by atoms with van der Waals surface area (Å²) < 4.78 is 24.1. The van der Waals surface area contributed by atoms with Gasteiger partial charge in [-0.1, -0.05) is 12.8 Å². The smallest absolute Gasteiger partial charge is 0.255 e. The van der Waals surface area contributed by atoms with Gasteiger partial charge < -0.3 is 19.4 Å². The van der Waals surface area contributed by atoms with Gasteiger partial charge in [-0.3, -0.25) is 38.7 Å². The van der Waals surface area contributed by atoms with E-state index >= 15 is 4.39 Å². The third-order valence-corrected chi connectivity index (χ3v) is 13.8. The van der Waals surface area contributed by atoms with Crippen molar-refractivity contribution in [2.24, 2.45) is 11.3 Å². The van der Waals surface area contributed by atoms with Crippen LogP contribution in [-0.4, -0.2) is 107 Å². The summed E-state index contributed by atoms with van der Waals surface area (Å²) in [4.78, 5) is 70.6. The average molecular weight is 790 g/mol. The molecule has 0 bridgehead atoms. The Labute approximate surface area is 335 Å². The van der Waals surface area contributed by atoms with Gasteiger partial charge >= 0.3 is 0 Å². The van der Waals surface area contributed by atoms with Gasteiger partial charge in [-0.25, -0.2) is 14.4 Å². The third kappa shape index (κ3) is 5.99. The standard InChI is InChI=1S/C43H48FN9O5/c1-58-36-22-34(32(44)21-31(36)38-43(10-2-3-11-43)42(57)53(38)35-23-45-26-51-15-12-46-39(35)51)50-13-8-27(9-14-50)24-48-16-18-49(19-17-48)29-4-5-30-28(20-29)25-52(41(30)56)33-6-7-37(54)47-40(33)55/h4-5,12,15,20-23,26-27,33,38H,2-3,6-11,13-14,16-19,24-25H2,1H3,(H,47,54,55)/t33-,38-/m0/s1. The lowest BCUT2D eigenvalue weighted by molar-refractivity contribution is -0.140. The van der Waals surface area contributed by atoms with Crippen LogP contribution in [0.25, 0.3) is 5.65 Å². The Morgan fingerprint density at radius 2 is 1.72 bits per heavy atom. The molecule has 2 aromatic heterocycles. The first kappa shape index (κ1) is 36.7. The van der Waals surface area contributed by atoms with Gasteiger partial charge in [0.25, 0.3) is 5.91 Å². The molecule has 5 aliphatic heterocycles. The van der Waals surface area contributed by atoms with Crippen LogP contribution in [0.15, 0.2) is 55.2 Å². The number of fused-ring (bicyclic) bond motifs is 2. The van der Waals surface area contributed by atoms with Gasteiger partial charge in [-0.2, -0.15) is 0 Å². The molecule has 0 unspecified atom stereocenters. The van der Waals surface area contributed by atoms with Crippen LogP contribution >= 0.6 is 0 Å². The molecule has 5 fully saturated rings. The third-order valence-electron chi connectivity index (χ3n) is 13.8. The first-order chi connectivity index (χ1) is 28.2. The monoisotopic (exact) mass is 789 g/mol. The summed E-state index contributed by atoms with van der Waals surface area (Å²) in [6, 6.07) is 8.41. The number of β-lactam (4-membered cyclic amide) rings is 1. The van der Waals surface area contributed by atoms with E-state index in [-0.39, 0.29) is 36.0 Å².